The first-order valence-corrected chi connectivity index (χ1v) is 5.38. The summed E-state index contributed by atoms with van der Waals surface area (Å²) in [4.78, 5) is 0. The molecule has 0 amide bonds. The monoisotopic (exact) mass is 282 g/mol. The second-order valence-corrected chi connectivity index (χ2v) is 4.11. The summed E-state index contributed by atoms with van der Waals surface area (Å²) >= 11 is 8.34. The summed E-state index contributed by atoms with van der Waals surface area (Å²) in [6.45, 7) is 0. The lowest BCUT2D eigenvalue weighted by atomic mass is 10.2. The van der Waals surface area contributed by atoms with E-state index in [4.69, 9.17) is 12.2 Å². The van der Waals surface area contributed by atoms with Gasteiger partial charge in [-0.1, -0.05) is 28.1 Å². The molecule has 0 radical (unpaired) electrons. The number of aromatic nitrogens is 3. The van der Waals surface area contributed by atoms with Gasteiger partial charge in [0, 0.05) is 4.47 Å². The second kappa shape index (κ2) is 4.50. The number of benzene rings is 1. The minimum absolute atomic E-state index is 0.473. The lowest BCUT2D eigenvalue weighted by Gasteiger charge is -1.93. The number of hydrogen-bond donors (Lipinski definition) is 1. The standard InChI is InChI=1S/C9H7BrN4S/c10-8-3-1-2-7(4-8)5-12-14-6-11-13-9(14)15/h1-6H,(H,13,15)/b12-5-. The minimum atomic E-state index is 0.473. The van der Waals surface area contributed by atoms with Gasteiger partial charge in [0.05, 0.1) is 6.21 Å². The van der Waals surface area contributed by atoms with E-state index in [2.05, 4.69) is 31.2 Å². The van der Waals surface area contributed by atoms with Crippen molar-refractivity contribution in [2.75, 3.05) is 0 Å². The lowest BCUT2D eigenvalue weighted by Crippen LogP contribution is -1.88. The van der Waals surface area contributed by atoms with Crippen LogP contribution in [0.3, 0.4) is 0 Å². The molecular formula is C9H7BrN4S. The van der Waals surface area contributed by atoms with E-state index in [0.717, 1.165) is 10.0 Å². The largest absolute Gasteiger partial charge is 0.250 e. The number of aromatic amines is 1. The van der Waals surface area contributed by atoms with E-state index in [9.17, 15) is 0 Å². The van der Waals surface area contributed by atoms with Gasteiger partial charge < -0.3 is 0 Å². The fraction of sp³-hybridized carbons (Fsp3) is 0. The topological polar surface area (TPSA) is 46.0 Å². The van der Waals surface area contributed by atoms with Gasteiger partial charge in [-0.05, 0) is 29.9 Å². The molecule has 0 aliphatic carbocycles. The van der Waals surface area contributed by atoms with E-state index < -0.39 is 0 Å². The number of nitrogens with one attached hydrogen (secondary N) is 1. The second-order valence-electron chi connectivity index (χ2n) is 2.81. The molecule has 0 fully saturated rings. The Kier molecular flexibility index (Phi) is 3.08. The minimum Gasteiger partial charge on any atom is -0.250 e. The van der Waals surface area contributed by atoms with Crippen molar-refractivity contribution >= 4 is 34.4 Å². The molecule has 0 saturated carbocycles. The molecule has 0 saturated heterocycles. The van der Waals surface area contributed by atoms with Crippen molar-refractivity contribution in [3.8, 4) is 0 Å². The van der Waals surface area contributed by atoms with Crippen LogP contribution in [0.5, 0.6) is 0 Å². The van der Waals surface area contributed by atoms with E-state index >= 15 is 0 Å². The zero-order chi connectivity index (χ0) is 10.7. The molecular weight excluding hydrogens is 276 g/mol. The molecule has 1 N–H and O–H groups in total. The Hall–Kier alpha value is -1.27. The molecule has 6 heteroatoms. The van der Waals surface area contributed by atoms with Gasteiger partial charge in [0.1, 0.15) is 6.33 Å². The van der Waals surface area contributed by atoms with Crippen LogP contribution in [0.1, 0.15) is 5.56 Å². The molecule has 15 heavy (non-hydrogen) atoms. The highest BCUT2D eigenvalue weighted by molar-refractivity contribution is 9.10. The predicted octanol–water partition coefficient (Wildman–Crippen LogP) is 2.59. The molecule has 0 aliphatic rings. The summed E-state index contributed by atoms with van der Waals surface area (Å²) < 4.78 is 2.99. The van der Waals surface area contributed by atoms with E-state index in [0.29, 0.717) is 4.77 Å². The fourth-order valence-corrected chi connectivity index (χ4v) is 1.60. The van der Waals surface area contributed by atoms with Crippen LogP contribution in [0.25, 0.3) is 0 Å². The van der Waals surface area contributed by atoms with Gasteiger partial charge in [-0.25, -0.2) is 0 Å². The fourth-order valence-electron chi connectivity index (χ4n) is 1.04. The van der Waals surface area contributed by atoms with Crippen LogP contribution in [-0.4, -0.2) is 21.1 Å². The van der Waals surface area contributed by atoms with Crippen LogP contribution < -0.4 is 0 Å². The van der Waals surface area contributed by atoms with Gasteiger partial charge in [0.15, 0.2) is 0 Å². The Morgan fingerprint density at radius 3 is 3.07 bits per heavy atom. The molecule has 1 heterocycles. The molecule has 76 valence electrons. The zero-order valence-electron chi connectivity index (χ0n) is 7.59. The summed E-state index contributed by atoms with van der Waals surface area (Å²) in [5, 5.41) is 10.5. The smallest absolute Gasteiger partial charge is 0.216 e. The number of nitrogens with zero attached hydrogens (tertiary/aromatic N) is 3. The number of hydrogen-bond acceptors (Lipinski definition) is 3. The highest BCUT2D eigenvalue weighted by atomic mass is 79.9. The molecule has 0 spiro atoms. The van der Waals surface area contributed by atoms with Gasteiger partial charge in [-0.2, -0.15) is 14.9 Å². The average molecular weight is 283 g/mol. The maximum atomic E-state index is 4.95. The van der Waals surface area contributed by atoms with Crippen molar-refractivity contribution in [2.24, 2.45) is 5.10 Å². The first-order chi connectivity index (χ1) is 7.25. The van der Waals surface area contributed by atoms with Crippen LogP contribution in [0.2, 0.25) is 0 Å². The Morgan fingerprint density at radius 1 is 1.53 bits per heavy atom. The SMILES string of the molecule is S=c1[nH]ncn1/N=C\c1cccc(Br)c1. The van der Waals surface area contributed by atoms with Crippen LogP contribution in [0.4, 0.5) is 0 Å². The number of H-pyrrole nitrogens is 1. The third-order valence-corrected chi connectivity index (χ3v) is 2.49. The van der Waals surface area contributed by atoms with Gasteiger partial charge in [-0.3, -0.25) is 5.10 Å². The van der Waals surface area contributed by atoms with Gasteiger partial charge in [0.25, 0.3) is 0 Å². The summed E-state index contributed by atoms with van der Waals surface area (Å²) in [6, 6.07) is 7.83. The quantitative estimate of drug-likeness (QED) is 0.680. The average Bonchev–Trinajstić information content (AvgIpc) is 2.61. The third kappa shape index (κ3) is 2.60. The number of rotatable bonds is 2. The molecule has 0 atom stereocenters. The molecule has 1 aromatic heterocycles. The van der Waals surface area contributed by atoms with E-state index in [1.165, 1.54) is 11.0 Å². The Bertz CT molecular complexity index is 543. The molecule has 4 nitrogen and oxygen atoms in total. The zero-order valence-corrected chi connectivity index (χ0v) is 9.99. The van der Waals surface area contributed by atoms with Crippen molar-refractivity contribution < 1.29 is 0 Å². The molecule has 0 aliphatic heterocycles. The first kappa shape index (κ1) is 10.3. The van der Waals surface area contributed by atoms with Gasteiger partial charge >= 0.3 is 0 Å². The summed E-state index contributed by atoms with van der Waals surface area (Å²) in [6.07, 6.45) is 3.24. The first-order valence-electron chi connectivity index (χ1n) is 4.17. The Morgan fingerprint density at radius 2 is 2.40 bits per heavy atom. The van der Waals surface area contributed by atoms with Crippen molar-refractivity contribution in [1.29, 1.82) is 0 Å². The van der Waals surface area contributed by atoms with Crippen molar-refractivity contribution in [3.05, 3.63) is 45.4 Å². The van der Waals surface area contributed by atoms with Crippen LogP contribution in [0.15, 0.2) is 40.2 Å². The normalized spacial score (nSPS) is 11.0. The van der Waals surface area contributed by atoms with Crippen LogP contribution in [-0.2, 0) is 0 Å². The highest BCUT2D eigenvalue weighted by Crippen LogP contribution is 2.09. The summed E-state index contributed by atoms with van der Waals surface area (Å²) in [5.74, 6) is 0. The highest BCUT2D eigenvalue weighted by Gasteiger charge is 1.91. The lowest BCUT2D eigenvalue weighted by molar-refractivity contribution is 0.863. The predicted molar refractivity (Wildman–Crippen MR) is 64.5 cm³/mol. The van der Waals surface area contributed by atoms with E-state index in [1.54, 1.807) is 6.21 Å². The molecule has 1 aromatic carbocycles. The van der Waals surface area contributed by atoms with Gasteiger partial charge in [0.2, 0.25) is 4.77 Å². The Balaban J connectivity index is 2.26. The molecule has 0 bridgehead atoms. The van der Waals surface area contributed by atoms with E-state index in [1.807, 2.05) is 24.3 Å². The van der Waals surface area contributed by atoms with Gasteiger partial charge in [-0.15, -0.1) is 0 Å². The summed E-state index contributed by atoms with van der Waals surface area (Å²) in [5.41, 5.74) is 0.993. The molecule has 2 rings (SSSR count). The van der Waals surface area contributed by atoms with Crippen LogP contribution >= 0.6 is 28.1 Å². The maximum absolute atomic E-state index is 4.95. The van der Waals surface area contributed by atoms with Crippen LogP contribution in [0, 0.1) is 4.77 Å². The number of halogens is 1. The maximum Gasteiger partial charge on any atom is 0.216 e. The Labute approximate surface area is 99.8 Å². The molecule has 0 unspecified atom stereocenters. The van der Waals surface area contributed by atoms with E-state index in [-0.39, 0.29) is 0 Å². The third-order valence-electron chi connectivity index (χ3n) is 1.72. The van der Waals surface area contributed by atoms with Crippen molar-refractivity contribution in [2.45, 2.75) is 0 Å². The van der Waals surface area contributed by atoms with Crippen molar-refractivity contribution in [3.63, 3.8) is 0 Å². The van der Waals surface area contributed by atoms with Crippen molar-refractivity contribution in [1.82, 2.24) is 14.9 Å². The molecule has 2 aromatic rings. The summed E-state index contributed by atoms with van der Waals surface area (Å²) in [7, 11) is 0.